The average molecular weight is 206 g/mol. The van der Waals surface area contributed by atoms with Crippen molar-refractivity contribution in [1.29, 1.82) is 0 Å². The fourth-order valence-electron chi connectivity index (χ4n) is 1.82. The first kappa shape index (κ1) is 10.4. The lowest BCUT2D eigenvalue weighted by Gasteiger charge is -2.26. The quantitative estimate of drug-likeness (QED) is 0.782. The minimum atomic E-state index is 0.631. The summed E-state index contributed by atoms with van der Waals surface area (Å²) in [4.78, 5) is 8.75. The number of aromatic nitrogens is 2. The first-order valence-corrected chi connectivity index (χ1v) is 5.58. The van der Waals surface area contributed by atoms with Crippen LogP contribution in [0.2, 0.25) is 0 Å². The first-order valence-electron chi connectivity index (χ1n) is 5.58. The van der Waals surface area contributed by atoms with Crippen molar-refractivity contribution in [2.45, 2.75) is 32.1 Å². The van der Waals surface area contributed by atoms with E-state index in [1.165, 1.54) is 25.0 Å². The Morgan fingerprint density at radius 2 is 2.33 bits per heavy atom. The molecule has 0 spiro atoms. The number of nitrogens with one attached hydrogen (secondary N) is 1. The molecule has 0 radical (unpaired) electrons. The van der Waals surface area contributed by atoms with E-state index in [9.17, 15) is 0 Å². The van der Waals surface area contributed by atoms with Gasteiger partial charge in [-0.1, -0.05) is 6.42 Å². The van der Waals surface area contributed by atoms with E-state index in [-0.39, 0.29) is 0 Å². The molecule has 0 aromatic carbocycles. The number of anilines is 1. The van der Waals surface area contributed by atoms with E-state index in [0.29, 0.717) is 12.5 Å². The monoisotopic (exact) mass is 206 g/mol. The molecule has 4 nitrogen and oxygen atoms in total. The van der Waals surface area contributed by atoms with Crippen LogP contribution >= 0.6 is 0 Å². The smallest absolute Gasteiger partial charge is 0.125 e. The number of aryl methyl sites for hydroxylation is 1. The summed E-state index contributed by atoms with van der Waals surface area (Å²) in [6.45, 7) is 3.36. The van der Waals surface area contributed by atoms with E-state index in [4.69, 9.17) is 5.73 Å². The molecule has 4 heteroatoms. The van der Waals surface area contributed by atoms with Crippen LogP contribution in [0.1, 0.15) is 36.7 Å². The SMILES string of the molecule is Cc1ncc(NCCN)c(C2CCC2)n1. The summed E-state index contributed by atoms with van der Waals surface area (Å²) in [5.74, 6) is 1.49. The summed E-state index contributed by atoms with van der Waals surface area (Å²) in [7, 11) is 0. The number of hydrogen-bond acceptors (Lipinski definition) is 4. The van der Waals surface area contributed by atoms with Gasteiger partial charge in [0.2, 0.25) is 0 Å². The predicted molar refractivity (Wildman–Crippen MR) is 60.9 cm³/mol. The van der Waals surface area contributed by atoms with Gasteiger partial charge in [0.15, 0.2) is 0 Å². The van der Waals surface area contributed by atoms with E-state index in [2.05, 4.69) is 15.3 Å². The Labute approximate surface area is 90.3 Å². The largest absolute Gasteiger partial charge is 0.381 e. The molecule has 2 rings (SSSR count). The number of nitrogens with two attached hydrogens (primary N) is 1. The number of nitrogens with zero attached hydrogens (tertiary/aromatic N) is 2. The second-order valence-electron chi connectivity index (χ2n) is 4.06. The van der Waals surface area contributed by atoms with Crippen molar-refractivity contribution in [3.05, 3.63) is 17.7 Å². The van der Waals surface area contributed by atoms with E-state index in [1.54, 1.807) is 0 Å². The minimum absolute atomic E-state index is 0.631. The standard InChI is InChI=1S/C11H18N4/c1-8-14-7-10(13-6-5-12)11(15-8)9-3-2-4-9/h7,9,13H,2-6,12H2,1H3. The molecule has 1 fully saturated rings. The van der Waals surface area contributed by atoms with Crippen molar-refractivity contribution in [3.8, 4) is 0 Å². The summed E-state index contributed by atoms with van der Waals surface area (Å²) >= 11 is 0. The highest BCUT2D eigenvalue weighted by molar-refractivity contribution is 5.48. The molecule has 0 unspecified atom stereocenters. The molecule has 1 saturated carbocycles. The van der Waals surface area contributed by atoms with E-state index in [0.717, 1.165) is 18.1 Å². The van der Waals surface area contributed by atoms with Gasteiger partial charge in [-0.05, 0) is 19.8 Å². The molecule has 0 atom stereocenters. The van der Waals surface area contributed by atoms with Gasteiger partial charge >= 0.3 is 0 Å². The van der Waals surface area contributed by atoms with Gasteiger partial charge in [-0.15, -0.1) is 0 Å². The third kappa shape index (κ3) is 2.26. The van der Waals surface area contributed by atoms with Crippen molar-refractivity contribution in [1.82, 2.24) is 9.97 Å². The Bertz CT molecular complexity index is 333. The second kappa shape index (κ2) is 4.57. The van der Waals surface area contributed by atoms with Crippen LogP contribution in [0, 0.1) is 6.92 Å². The van der Waals surface area contributed by atoms with Crippen molar-refractivity contribution in [3.63, 3.8) is 0 Å². The molecular weight excluding hydrogens is 188 g/mol. The van der Waals surface area contributed by atoms with Gasteiger partial charge in [-0.3, -0.25) is 0 Å². The molecule has 0 bridgehead atoms. The van der Waals surface area contributed by atoms with Gasteiger partial charge in [-0.25, -0.2) is 9.97 Å². The van der Waals surface area contributed by atoms with Crippen LogP contribution in [0.25, 0.3) is 0 Å². The van der Waals surface area contributed by atoms with Crippen LogP contribution in [0.5, 0.6) is 0 Å². The summed E-state index contributed by atoms with van der Waals surface area (Å²) in [5, 5.41) is 3.29. The van der Waals surface area contributed by atoms with Gasteiger partial charge in [0.25, 0.3) is 0 Å². The maximum absolute atomic E-state index is 5.48. The lowest BCUT2D eigenvalue weighted by molar-refractivity contribution is 0.411. The molecule has 1 aromatic rings. The third-order valence-corrected chi connectivity index (χ3v) is 2.89. The Morgan fingerprint density at radius 3 is 2.93 bits per heavy atom. The lowest BCUT2D eigenvalue weighted by atomic mass is 9.82. The molecule has 82 valence electrons. The van der Waals surface area contributed by atoms with Gasteiger partial charge in [0.1, 0.15) is 5.82 Å². The summed E-state index contributed by atoms with van der Waals surface area (Å²) in [5.41, 5.74) is 7.72. The molecule has 0 saturated heterocycles. The van der Waals surface area contributed by atoms with Crippen molar-refractivity contribution in [2.24, 2.45) is 5.73 Å². The topological polar surface area (TPSA) is 63.8 Å². The van der Waals surface area contributed by atoms with Crippen LogP contribution in [0.15, 0.2) is 6.20 Å². The highest BCUT2D eigenvalue weighted by Gasteiger charge is 2.23. The number of rotatable bonds is 4. The molecule has 1 heterocycles. The van der Waals surface area contributed by atoms with Crippen LogP contribution in [0.3, 0.4) is 0 Å². The van der Waals surface area contributed by atoms with E-state index in [1.807, 2.05) is 13.1 Å². The van der Waals surface area contributed by atoms with Crippen LogP contribution in [0.4, 0.5) is 5.69 Å². The molecule has 3 N–H and O–H groups in total. The number of hydrogen-bond donors (Lipinski definition) is 2. The third-order valence-electron chi connectivity index (χ3n) is 2.89. The molecule has 0 amide bonds. The van der Waals surface area contributed by atoms with Crippen molar-refractivity contribution < 1.29 is 0 Å². The molecule has 15 heavy (non-hydrogen) atoms. The Hall–Kier alpha value is -1.16. The Morgan fingerprint density at radius 1 is 1.53 bits per heavy atom. The molecule has 1 aliphatic carbocycles. The Balaban J connectivity index is 2.18. The highest BCUT2D eigenvalue weighted by atomic mass is 15.0. The highest BCUT2D eigenvalue weighted by Crippen LogP contribution is 2.38. The van der Waals surface area contributed by atoms with Gasteiger partial charge < -0.3 is 11.1 Å². The second-order valence-corrected chi connectivity index (χ2v) is 4.06. The predicted octanol–water partition coefficient (Wildman–Crippen LogP) is 1.42. The van der Waals surface area contributed by atoms with Crippen molar-refractivity contribution >= 4 is 5.69 Å². The summed E-state index contributed by atoms with van der Waals surface area (Å²) < 4.78 is 0. The van der Waals surface area contributed by atoms with Gasteiger partial charge in [-0.2, -0.15) is 0 Å². The molecule has 0 aliphatic heterocycles. The van der Waals surface area contributed by atoms with E-state index < -0.39 is 0 Å². The Kier molecular flexibility index (Phi) is 3.16. The fraction of sp³-hybridized carbons (Fsp3) is 0.636. The average Bonchev–Trinajstić information content (AvgIpc) is 2.14. The van der Waals surface area contributed by atoms with Gasteiger partial charge in [0.05, 0.1) is 17.6 Å². The first-order chi connectivity index (χ1) is 7.31. The van der Waals surface area contributed by atoms with Gasteiger partial charge in [0, 0.05) is 19.0 Å². The zero-order valence-electron chi connectivity index (χ0n) is 9.16. The molecule has 1 aliphatic rings. The molecule has 1 aromatic heterocycles. The molecular formula is C11H18N4. The maximum atomic E-state index is 5.48. The van der Waals surface area contributed by atoms with Crippen molar-refractivity contribution in [2.75, 3.05) is 18.4 Å². The van der Waals surface area contributed by atoms with Crippen LogP contribution < -0.4 is 11.1 Å². The maximum Gasteiger partial charge on any atom is 0.125 e. The zero-order valence-corrected chi connectivity index (χ0v) is 9.16. The summed E-state index contributed by atoms with van der Waals surface area (Å²) in [6, 6.07) is 0. The van der Waals surface area contributed by atoms with Crippen LogP contribution in [-0.4, -0.2) is 23.1 Å². The fourth-order valence-corrected chi connectivity index (χ4v) is 1.82. The van der Waals surface area contributed by atoms with Crippen LogP contribution in [-0.2, 0) is 0 Å². The normalized spacial score (nSPS) is 16.1. The summed E-state index contributed by atoms with van der Waals surface area (Å²) in [6.07, 6.45) is 5.72. The lowest BCUT2D eigenvalue weighted by Crippen LogP contribution is -2.18. The zero-order chi connectivity index (χ0) is 10.7. The minimum Gasteiger partial charge on any atom is -0.381 e. The van der Waals surface area contributed by atoms with E-state index >= 15 is 0 Å².